The van der Waals surface area contributed by atoms with Gasteiger partial charge in [0.15, 0.2) is 0 Å². The number of carbonyl (C=O) groups is 2. The van der Waals surface area contributed by atoms with Crippen molar-refractivity contribution in [3.05, 3.63) is 59.0 Å². The van der Waals surface area contributed by atoms with Gasteiger partial charge >= 0.3 is 5.97 Å². The minimum Gasteiger partial charge on any atom is -0.478 e. The molecule has 0 aliphatic heterocycles. The number of aromatic carboxylic acids is 1. The number of carboxylic acids is 1. The molecule has 1 amide bonds. The van der Waals surface area contributed by atoms with Gasteiger partial charge in [-0.3, -0.25) is 4.79 Å². The Hall–Kier alpha value is -2.76. The van der Waals surface area contributed by atoms with Crippen LogP contribution in [0.25, 0.3) is 0 Å². The van der Waals surface area contributed by atoms with Crippen LogP contribution in [0, 0.1) is 12.7 Å². The molecule has 0 aliphatic carbocycles. The molecule has 2 aromatic rings. The predicted molar refractivity (Wildman–Crippen MR) is 70.3 cm³/mol. The average Bonchev–Trinajstić information content (AvgIpc) is 2.42. The number of pyridine rings is 1. The van der Waals surface area contributed by atoms with Gasteiger partial charge in [0.2, 0.25) is 0 Å². The van der Waals surface area contributed by atoms with E-state index in [9.17, 15) is 14.0 Å². The van der Waals surface area contributed by atoms with Crippen LogP contribution in [0.2, 0.25) is 0 Å². The minimum atomic E-state index is -1.12. The van der Waals surface area contributed by atoms with Crippen LogP contribution < -0.4 is 5.32 Å². The first kappa shape index (κ1) is 13.7. The highest BCUT2D eigenvalue weighted by Crippen LogP contribution is 2.12. The molecule has 5 nitrogen and oxygen atoms in total. The second-order valence-corrected chi connectivity index (χ2v) is 4.15. The summed E-state index contributed by atoms with van der Waals surface area (Å²) >= 11 is 0. The summed E-state index contributed by atoms with van der Waals surface area (Å²) in [5.74, 6) is -2.07. The molecule has 0 aliphatic rings. The van der Waals surface area contributed by atoms with Crippen LogP contribution in [0.4, 0.5) is 10.2 Å². The average molecular weight is 274 g/mol. The Kier molecular flexibility index (Phi) is 3.74. The molecule has 2 N–H and O–H groups in total. The molecule has 0 bridgehead atoms. The summed E-state index contributed by atoms with van der Waals surface area (Å²) in [6.07, 6.45) is 1.27. The van der Waals surface area contributed by atoms with Gasteiger partial charge in [-0.1, -0.05) is 6.07 Å². The van der Waals surface area contributed by atoms with Crippen molar-refractivity contribution in [3.8, 4) is 0 Å². The standard InChI is InChI=1S/C14H11FN2O3/c1-8-2-3-9(6-11(8)15)13(18)17-12-7-10(14(19)20)4-5-16-12/h2-7H,1H3,(H,19,20)(H,16,17,18). The Bertz CT molecular complexity index is 686. The molecular weight excluding hydrogens is 263 g/mol. The number of amides is 1. The number of anilines is 1. The summed E-state index contributed by atoms with van der Waals surface area (Å²) in [4.78, 5) is 26.5. The highest BCUT2D eigenvalue weighted by atomic mass is 19.1. The van der Waals surface area contributed by atoms with Gasteiger partial charge in [-0.05, 0) is 36.8 Å². The molecule has 20 heavy (non-hydrogen) atoms. The summed E-state index contributed by atoms with van der Waals surface area (Å²) < 4.78 is 13.4. The van der Waals surface area contributed by atoms with E-state index in [0.717, 1.165) is 6.07 Å². The molecule has 2 rings (SSSR count). The Balaban J connectivity index is 2.21. The topological polar surface area (TPSA) is 79.3 Å². The monoisotopic (exact) mass is 274 g/mol. The molecule has 0 atom stereocenters. The van der Waals surface area contributed by atoms with Crippen LogP contribution in [0.1, 0.15) is 26.3 Å². The van der Waals surface area contributed by atoms with Gasteiger partial charge in [-0.15, -0.1) is 0 Å². The van der Waals surface area contributed by atoms with Crippen LogP contribution in [-0.2, 0) is 0 Å². The third kappa shape index (κ3) is 2.97. The van der Waals surface area contributed by atoms with Crippen molar-refractivity contribution in [1.29, 1.82) is 0 Å². The van der Waals surface area contributed by atoms with E-state index in [2.05, 4.69) is 10.3 Å². The van der Waals surface area contributed by atoms with Gasteiger partial charge < -0.3 is 10.4 Å². The quantitative estimate of drug-likeness (QED) is 0.901. The van der Waals surface area contributed by atoms with E-state index in [-0.39, 0.29) is 16.9 Å². The number of hydrogen-bond acceptors (Lipinski definition) is 3. The zero-order valence-corrected chi connectivity index (χ0v) is 10.6. The number of benzene rings is 1. The molecule has 0 unspecified atom stereocenters. The lowest BCUT2D eigenvalue weighted by molar-refractivity contribution is 0.0696. The number of halogens is 1. The van der Waals surface area contributed by atoms with Crippen molar-refractivity contribution in [2.45, 2.75) is 6.92 Å². The Morgan fingerprint density at radius 2 is 1.95 bits per heavy atom. The summed E-state index contributed by atoms with van der Waals surface area (Å²) in [6, 6.07) is 6.63. The first-order chi connectivity index (χ1) is 9.47. The van der Waals surface area contributed by atoms with Crippen molar-refractivity contribution in [3.63, 3.8) is 0 Å². The summed E-state index contributed by atoms with van der Waals surface area (Å²) in [5.41, 5.74) is 0.577. The Morgan fingerprint density at radius 1 is 1.20 bits per heavy atom. The Morgan fingerprint density at radius 3 is 2.60 bits per heavy atom. The molecule has 0 saturated carbocycles. The lowest BCUT2D eigenvalue weighted by atomic mass is 10.1. The lowest BCUT2D eigenvalue weighted by Gasteiger charge is -2.06. The normalized spacial score (nSPS) is 10.1. The summed E-state index contributed by atoms with van der Waals surface area (Å²) in [6.45, 7) is 1.59. The molecule has 1 aromatic heterocycles. The molecule has 0 spiro atoms. The molecule has 0 fully saturated rings. The third-order valence-corrected chi connectivity index (χ3v) is 2.68. The second kappa shape index (κ2) is 5.48. The van der Waals surface area contributed by atoms with Gasteiger partial charge in [-0.2, -0.15) is 0 Å². The van der Waals surface area contributed by atoms with E-state index in [1.807, 2.05) is 0 Å². The van der Waals surface area contributed by atoms with Crippen molar-refractivity contribution in [2.24, 2.45) is 0 Å². The van der Waals surface area contributed by atoms with Crippen LogP contribution in [-0.4, -0.2) is 22.0 Å². The zero-order valence-electron chi connectivity index (χ0n) is 10.6. The van der Waals surface area contributed by atoms with E-state index >= 15 is 0 Å². The lowest BCUT2D eigenvalue weighted by Crippen LogP contribution is -2.14. The number of hydrogen-bond donors (Lipinski definition) is 2. The number of carboxylic acid groups (broad SMARTS) is 1. The number of nitrogens with one attached hydrogen (secondary N) is 1. The van der Waals surface area contributed by atoms with Gasteiger partial charge in [0, 0.05) is 11.8 Å². The van der Waals surface area contributed by atoms with Crippen LogP contribution in [0.3, 0.4) is 0 Å². The Labute approximate surface area is 114 Å². The number of nitrogens with zero attached hydrogens (tertiary/aromatic N) is 1. The molecule has 102 valence electrons. The number of aryl methyl sites for hydroxylation is 1. The fraction of sp³-hybridized carbons (Fsp3) is 0.0714. The smallest absolute Gasteiger partial charge is 0.335 e. The van der Waals surface area contributed by atoms with Crippen LogP contribution in [0.15, 0.2) is 36.5 Å². The van der Waals surface area contributed by atoms with Crippen molar-refractivity contribution in [1.82, 2.24) is 4.98 Å². The number of aromatic nitrogens is 1. The SMILES string of the molecule is Cc1ccc(C(=O)Nc2cc(C(=O)O)ccn2)cc1F. The summed E-state index contributed by atoms with van der Waals surface area (Å²) in [5, 5.41) is 11.3. The van der Waals surface area contributed by atoms with E-state index in [1.54, 1.807) is 6.92 Å². The number of carbonyl (C=O) groups excluding carboxylic acids is 1. The van der Waals surface area contributed by atoms with E-state index in [1.165, 1.54) is 30.5 Å². The van der Waals surface area contributed by atoms with E-state index in [0.29, 0.717) is 5.56 Å². The van der Waals surface area contributed by atoms with Crippen molar-refractivity contribution < 1.29 is 19.1 Å². The maximum atomic E-state index is 13.4. The summed E-state index contributed by atoms with van der Waals surface area (Å²) in [7, 11) is 0. The molecule has 1 heterocycles. The molecule has 6 heteroatoms. The predicted octanol–water partition coefficient (Wildman–Crippen LogP) is 2.48. The fourth-order valence-corrected chi connectivity index (χ4v) is 1.55. The van der Waals surface area contributed by atoms with Gasteiger partial charge in [0.1, 0.15) is 11.6 Å². The fourth-order valence-electron chi connectivity index (χ4n) is 1.55. The highest BCUT2D eigenvalue weighted by Gasteiger charge is 2.10. The zero-order chi connectivity index (χ0) is 14.7. The third-order valence-electron chi connectivity index (χ3n) is 2.68. The minimum absolute atomic E-state index is 0.00499. The van der Waals surface area contributed by atoms with E-state index in [4.69, 9.17) is 5.11 Å². The van der Waals surface area contributed by atoms with Crippen LogP contribution in [0.5, 0.6) is 0 Å². The second-order valence-electron chi connectivity index (χ2n) is 4.15. The number of rotatable bonds is 3. The van der Waals surface area contributed by atoms with Crippen molar-refractivity contribution in [2.75, 3.05) is 5.32 Å². The van der Waals surface area contributed by atoms with E-state index < -0.39 is 17.7 Å². The van der Waals surface area contributed by atoms with Crippen molar-refractivity contribution >= 4 is 17.7 Å². The highest BCUT2D eigenvalue weighted by molar-refractivity contribution is 6.04. The maximum Gasteiger partial charge on any atom is 0.335 e. The first-order valence-corrected chi connectivity index (χ1v) is 5.74. The molecule has 0 radical (unpaired) electrons. The molecular formula is C14H11FN2O3. The molecule has 0 saturated heterocycles. The molecule has 1 aromatic carbocycles. The van der Waals surface area contributed by atoms with Crippen LogP contribution >= 0.6 is 0 Å². The van der Waals surface area contributed by atoms with Gasteiger partial charge in [-0.25, -0.2) is 14.2 Å². The largest absolute Gasteiger partial charge is 0.478 e. The maximum absolute atomic E-state index is 13.4. The first-order valence-electron chi connectivity index (χ1n) is 5.74. The van der Waals surface area contributed by atoms with Gasteiger partial charge in [0.05, 0.1) is 5.56 Å². The van der Waals surface area contributed by atoms with Gasteiger partial charge in [0.25, 0.3) is 5.91 Å².